The van der Waals surface area contributed by atoms with E-state index >= 15 is 0 Å². The van der Waals surface area contributed by atoms with Crippen LogP contribution in [0.1, 0.15) is 32.6 Å². The van der Waals surface area contributed by atoms with E-state index in [0.717, 1.165) is 12.8 Å². The minimum absolute atomic E-state index is 0.00663. The van der Waals surface area contributed by atoms with Crippen molar-refractivity contribution in [2.45, 2.75) is 42.1 Å². The molecule has 1 aliphatic rings. The third-order valence-corrected chi connectivity index (χ3v) is 3.08. The second-order valence-corrected chi connectivity index (χ2v) is 5.75. The largest absolute Gasteiger partial charge is 0.393 e. The molecule has 1 fully saturated rings. The van der Waals surface area contributed by atoms with Gasteiger partial charge in [-0.3, -0.25) is 0 Å². The van der Waals surface area contributed by atoms with Gasteiger partial charge in [-0.15, -0.1) is 0 Å². The summed E-state index contributed by atoms with van der Waals surface area (Å²) < 4.78 is 0.469. The lowest BCUT2D eigenvalue weighted by Crippen LogP contribution is -2.26. The molecular weight excluding hydrogens is 227 g/mol. The molecule has 0 heterocycles. The number of aliphatic hydroxyl groups excluding tert-OH is 1. The molecule has 0 bridgehead atoms. The molecule has 1 rings (SSSR count). The minimum Gasteiger partial charge on any atom is -0.393 e. The molecular formula is C7H13IO. The molecule has 0 aromatic carbocycles. The van der Waals surface area contributed by atoms with Crippen LogP contribution in [-0.2, 0) is 0 Å². The van der Waals surface area contributed by atoms with Crippen LogP contribution in [0, 0.1) is 0 Å². The number of rotatable bonds is 0. The summed E-state index contributed by atoms with van der Waals surface area (Å²) in [6, 6.07) is 0. The van der Waals surface area contributed by atoms with Gasteiger partial charge in [-0.25, -0.2) is 0 Å². The smallest absolute Gasteiger partial charge is 0.0541 e. The lowest BCUT2D eigenvalue weighted by Gasteiger charge is -2.30. The first-order chi connectivity index (χ1) is 4.10. The Labute approximate surface area is 70.0 Å². The third-order valence-electron chi connectivity index (χ3n) is 2.00. The third kappa shape index (κ3) is 2.42. The summed E-state index contributed by atoms with van der Waals surface area (Å²) in [6.45, 7) is 2.26. The fourth-order valence-corrected chi connectivity index (χ4v) is 1.83. The molecule has 1 saturated carbocycles. The van der Waals surface area contributed by atoms with E-state index in [-0.39, 0.29) is 6.10 Å². The van der Waals surface area contributed by atoms with Crippen LogP contribution in [0.4, 0.5) is 0 Å². The predicted molar refractivity (Wildman–Crippen MR) is 46.9 cm³/mol. The quantitative estimate of drug-likeness (QED) is 0.508. The van der Waals surface area contributed by atoms with E-state index in [1.165, 1.54) is 12.8 Å². The molecule has 0 aromatic rings. The number of hydrogen-bond acceptors (Lipinski definition) is 1. The van der Waals surface area contributed by atoms with Crippen molar-refractivity contribution in [2.75, 3.05) is 0 Å². The van der Waals surface area contributed by atoms with Crippen molar-refractivity contribution in [3.8, 4) is 0 Å². The molecule has 0 radical (unpaired) electrons. The minimum atomic E-state index is -0.00663. The van der Waals surface area contributed by atoms with Crippen molar-refractivity contribution < 1.29 is 5.11 Å². The van der Waals surface area contributed by atoms with Gasteiger partial charge < -0.3 is 5.11 Å². The van der Waals surface area contributed by atoms with Gasteiger partial charge in [0, 0.05) is 3.42 Å². The lowest BCUT2D eigenvalue weighted by atomic mass is 9.89. The first-order valence-corrected chi connectivity index (χ1v) is 4.55. The first-order valence-electron chi connectivity index (χ1n) is 3.47. The summed E-state index contributed by atoms with van der Waals surface area (Å²) in [5, 5.41) is 9.14. The van der Waals surface area contributed by atoms with Gasteiger partial charge in [0.2, 0.25) is 0 Å². The Morgan fingerprint density at radius 2 is 1.89 bits per heavy atom. The number of alkyl halides is 1. The van der Waals surface area contributed by atoms with Gasteiger partial charge in [0.15, 0.2) is 0 Å². The maximum atomic E-state index is 9.14. The Morgan fingerprint density at radius 1 is 1.44 bits per heavy atom. The van der Waals surface area contributed by atoms with E-state index < -0.39 is 0 Å². The van der Waals surface area contributed by atoms with Gasteiger partial charge in [-0.2, -0.15) is 0 Å². The Bertz CT molecular complexity index is 91.1. The molecule has 1 nitrogen and oxygen atoms in total. The molecule has 1 aliphatic carbocycles. The second kappa shape index (κ2) is 2.74. The van der Waals surface area contributed by atoms with Gasteiger partial charge in [-0.1, -0.05) is 29.5 Å². The molecule has 0 saturated heterocycles. The molecule has 0 aliphatic heterocycles. The number of halogens is 1. The monoisotopic (exact) mass is 240 g/mol. The first kappa shape index (κ1) is 7.79. The fraction of sp³-hybridized carbons (Fsp3) is 1.00. The molecule has 1 N–H and O–H groups in total. The zero-order valence-electron chi connectivity index (χ0n) is 5.73. The number of hydrogen-bond donors (Lipinski definition) is 1. The molecule has 54 valence electrons. The summed E-state index contributed by atoms with van der Waals surface area (Å²) in [4.78, 5) is 0. The van der Waals surface area contributed by atoms with Crippen LogP contribution in [0.3, 0.4) is 0 Å². The van der Waals surface area contributed by atoms with Crippen molar-refractivity contribution in [1.82, 2.24) is 0 Å². The van der Waals surface area contributed by atoms with Crippen molar-refractivity contribution in [3.63, 3.8) is 0 Å². The van der Waals surface area contributed by atoms with Gasteiger partial charge in [0.25, 0.3) is 0 Å². The average molecular weight is 240 g/mol. The summed E-state index contributed by atoms with van der Waals surface area (Å²) in [5.41, 5.74) is 0. The van der Waals surface area contributed by atoms with Crippen LogP contribution in [0.25, 0.3) is 0 Å². The van der Waals surface area contributed by atoms with E-state index in [9.17, 15) is 0 Å². The molecule has 0 spiro atoms. The normalized spacial score (nSPS) is 45.0. The molecule has 0 aromatic heterocycles. The van der Waals surface area contributed by atoms with Crippen LogP contribution < -0.4 is 0 Å². The highest BCUT2D eigenvalue weighted by Crippen LogP contribution is 2.35. The topological polar surface area (TPSA) is 20.2 Å². The SMILES string of the molecule is CC1(I)CCC(O)CC1. The molecule has 9 heavy (non-hydrogen) atoms. The van der Waals surface area contributed by atoms with E-state index in [4.69, 9.17) is 5.11 Å². The van der Waals surface area contributed by atoms with Crippen LogP contribution in [0.5, 0.6) is 0 Å². The van der Waals surface area contributed by atoms with Gasteiger partial charge in [-0.05, 0) is 25.7 Å². The molecule has 2 heteroatoms. The average Bonchev–Trinajstić information content (AvgIpc) is 1.78. The van der Waals surface area contributed by atoms with E-state index in [0.29, 0.717) is 3.42 Å². The summed E-state index contributed by atoms with van der Waals surface area (Å²) in [5.74, 6) is 0. The Hall–Kier alpha value is 0.690. The zero-order chi connectivity index (χ0) is 6.91. The molecule has 0 unspecified atom stereocenters. The van der Waals surface area contributed by atoms with E-state index in [2.05, 4.69) is 29.5 Å². The van der Waals surface area contributed by atoms with Crippen molar-refractivity contribution in [1.29, 1.82) is 0 Å². The lowest BCUT2D eigenvalue weighted by molar-refractivity contribution is 0.122. The van der Waals surface area contributed by atoms with E-state index in [1.54, 1.807) is 0 Å². The number of aliphatic hydroxyl groups is 1. The summed E-state index contributed by atoms with van der Waals surface area (Å²) >= 11 is 2.49. The second-order valence-electron chi connectivity index (χ2n) is 3.14. The fourth-order valence-electron chi connectivity index (χ4n) is 1.20. The van der Waals surface area contributed by atoms with Gasteiger partial charge in [0.05, 0.1) is 6.10 Å². The molecule has 0 amide bonds. The highest BCUT2D eigenvalue weighted by Gasteiger charge is 2.26. The molecule has 0 atom stereocenters. The Balaban J connectivity index is 2.35. The van der Waals surface area contributed by atoms with Gasteiger partial charge >= 0.3 is 0 Å². The highest BCUT2D eigenvalue weighted by atomic mass is 127. The van der Waals surface area contributed by atoms with Crippen LogP contribution in [-0.4, -0.2) is 14.6 Å². The van der Waals surface area contributed by atoms with Crippen LogP contribution in [0.15, 0.2) is 0 Å². The maximum Gasteiger partial charge on any atom is 0.0541 e. The maximum absolute atomic E-state index is 9.14. The van der Waals surface area contributed by atoms with Crippen LogP contribution >= 0.6 is 22.6 Å². The Kier molecular flexibility index (Phi) is 2.37. The standard InChI is InChI=1S/C7H13IO/c1-7(8)4-2-6(9)3-5-7/h6,9H,2-5H2,1H3. The highest BCUT2D eigenvalue weighted by molar-refractivity contribution is 14.1. The summed E-state index contributed by atoms with van der Waals surface area (Å²) in [7, 11) is 0. The van der Waals surface area contributed by atoms with Gasteiger partial charge in [0.1, 0.15) is 0 Å². The van der Waals surface area contributed by atoms with Crippen molar-refractivity contribution >= 4 is 22.6 Å². The van der Waals surface area contributed by atoms with Crippen molar-refractivity contribution in [3.05, 3.63) is 0 Å². The van der Waals surface area contributed by atoms with E-state index in [1.807, 2.05) is 0 Å². The van der Waals surface area contributed by atoms with Crippen molar-refractivity contribution in [2.24, 2.45) is 0 Å². The Morgan fingerprint density at radius 3 is 2.22 bits per heavy atom. The summed E-state index contributed by atoms with van der Waals surface area (Å²) in [6.07, 6.45) is 4.34. The van der Waals surface area contributed by atoms with Crippen LogP contribution in [0.2, 0.25) is 0 Å². The predicted octanol–water partition coefficient (Wildman–Crippen LogP) is 2.12. The zero-order valence-corrected chi connectivity index (χ0v) is 7.89.